The Morgan fingerprint density at radius 3 is 2.43 bits per heavy atom. The Labute approximate surface area is 147 Å². The third-order valence-corrected chi connectivity index (χ3v) is 5.06. The zero-order valence-electron chi connectivity index (χ0n) is 13.0. The average Bonchev–Trinajstić information content (AvgIpc) is 2.58. The first kappa shape index (κ1) is 16.7. The lowest BCUT2D eigenvalue weighted by Gasteiger charge is -2.32. The van der Waals surface area contributed by atoms with Crippen molar-refractivity contribution in [3.63, 3.8) is 0 Å². The maximum atomic E-state index is 6.09. The summed E-state index contributed by atoms with van der Waals surface area (Å²) in [6, 6.07) is 10.6. The molecular weight excluding hydrogens is 329 g/mol. The van der Waals surface area contributed by atoms with Gasteiger partial charge in [-0.25, -0.2) is 0 Å². The van der Waals surface area contributed by atoms with Gasteiger partial charge in [0.25, 0.3) is 0 Å². The molecule has 1 aliphatic rings. The number of piperidine rings is 1. The predicted molar refractivity (Wildman–Crippen MR) is 95.8 cm³/mol. The van der Waals surface area contributed by atoms with Gasteiger partial charge in [0.1, 0.15) is 0 Å². The fourth-order valence-corrected chi connectivity index (χ4v) is 3.27. The zero-order chi connectivity index (χ0) is 16.1. The molecule has 3 rings (SSSR count). The Hall–Kier alpha value is -1.13. The van der Waals surface area contributed by atoms with E-state index in [9.17, 15) is 0 Å². The molecule has 2 heterocycles. The van der Waals surface area contributed by atoms with E-state index in [0.29, 0.717) is 16.1 Å². The molecule has 0 unspecified atom stereocenters. The van der Waals surface area contributed by atoms with Crippen molar-refractivity contribution in [3.05, 3.63) is 63.9 Å². The summed E-state index contributed by atoms with van der Waals surface area (Å²) in [5.74, 6) is 0. The number of halogens is 2. The lowest BCUT2D eigenvalue weighted by Crippen LogP contribution is -2.41. The topological polar surface area (TPSA) is 28.2 Å². The van der Waals surface area contributed by atoms with Crippen LogP contribution in [0.5, 0.6) is 0 Å². The van der Waals surface area contributed by atoms with Crippen molar-refractivity contribution in [1.29, 1.82) is 0 Å². The van der Waals surface area contributed by atoms with Gasteiger partial charge in [-0.1, -0.05) is 29.3 Å². The van der Waals surface area contributed by atoms with Crippen molar-refractivity contribution >= 4 is 23.2 Å². The van der Waals surface area contributed by atoms with Crippen LogP contribution in [0.15, 0.2) is 42.7 Å². The van der Waals surface area contributed by atoms with E-state index < -0.39 is 0 Å². The maximum Gasteiger partial charge on any atom is 0.0595 e. The molecule has 3 nitrogen and oxygen atoms in total. The third kappa shape index (κ3) is 4.92. The van der Waals surface area contributed by atoms with Crippen molar-refractivity contribution in [2.45, 2.75) is 32.0 Å². The average molecular weight is 350 g/mol. The number of likely N-dealkylation sites (tertiary alicyclic amines) is 1. The molecule has 0 radical (unpaired) electrons. The van der Waals surface area contributed by atoms with Crippen LogP contribution in [0, 0.1) is 0 Å². The van der Waals surface area contributed by atoms with E-state index >= 15 is 0 Å². The SMILES string of the molecule is Clc1ccc(CN2CCC(NCc3ccncc3)CC2)cc1Cl. The Morgan fingerprint density at radius 2 is 1.74 bits per heavy atom. The number of pyridine rings is 1. The second kappa shape index (κ2) is 8.11. The molecule has 5 heteroatoms. The molecular formula is C18H21Cl2N3. The molecule has 0 bridgehead atoms. The summed E-state index contributed by atoms with van der Waals surface area (Å²) in [6.07, 6.45) is 6.03. The normalized spacial score (nSPS) is 16.6. The number of aromatic nitrogens is 1. The summed E-state index contributed by atoms with van der Waals surface area (Å²) in [5, 5.41) is 4.90. The number of hydrogen-bond acceptors (Lipinski definition) is 3. The van der Waals surface area contributed by atoms with E-state index in [2.05, 4.69) is 33.4 Å². The molecule has 0 spiro atoms. The van der Waals surface area contributed by atoms with Gasteiger partial charge in [-0.15, -0.1) is 0 Å². The van der Waals surface area contributed by atoms with Gasteiger partial charge in [0.15, 0.2) is 0 Å². The molecule has 2 aromatic rings. The summed E-state index contributed by atoms with van der Waals surface area (Å²) < 4.78 is 0. The van der Waals surface area contributed by atoms with E-state index in [1.54, 1.807) is 0 Å². The van der Waals surface area contributed by atoms with Crippen LogP contribution in [-0.4, -0.2) is 29.0 Å². The minimum absolute atomic E-state index is 0.591. The summed E-state index contributed by atoms with van der Waals surface area (Å²) in [7, 11) is 0. The Morgan fingerprint density at radius 1 is 1.00 bits per heavy atom. The molecule has 1 aliphatic heterocycles. The van der Waals surface area contributed by atoms with Crippen molar-refractivity contribution in [2.24, 2.45) is 0 Å². The molecule has 0 amide bonds. The second-order valence-electron chi connectivity index (χ2n) is 6.04. The van der Waals surface area contributed by atoms with E-state index in [1.807, 2.05) is 24.5 Å². The van der Waals surface area contributed by atoms with Gasteiger partial charge in [-0.3, -0.25) is 9.88 Å². The van der Waals surface area contributed by atoms with E-state index in [0.717, 1.165) is 26.2 Å². The molecule has 0 saturated carbocycles. The summed E-state index contributed by atoms with van der Waals surface area (Å²) in [6.45, 7) is 4.07. The second-order valence-corrected chi connectivity index (χ2v) is 6.85. The lowest BCUT2D eigenvalue weighted by molar-refractivity contribution is 0.190. The van der Waals surface area contributed by atoms with Crippen LogP contribution in [0.1, 0.15) is 24.0 Å². The highest BCUT2D eigenvalue weighted by molar-refractivity contribution is 6.42. The van der Waals surface area contributed by atoms with Gasteiger partial charge < -0.3 is 5.32 Å². The molecule has 0 aliphatic carbocycles. The molecule has 1 saturated heterocycles. The number of nitrogens with zero attached hydrogens (tertiary/aromatic N) is 2. The highest BCUT2D eigenvalue weighted by atomic mass is 35.5. The van der Waals surface area contributed by atoms with Gasteiger partial charge in [0.05, 0.1) is 10.0 Å². The summed E-state index contributed by atoms with van der Waals surface area (Å²) in [4.78, 5) is 6.53. The fourth-order valence-electron chi connectivity index (χ4n) is 2.95. The quantitative estimate of drug-likeness (QED) is 0.878. The molecule has 1 fully saturated rings. The Kier molecular flexibility index (Phi) is 5.90. The molecule has 122 valence electrons. The largest absolute Gasteiger partial charge is 0.310 e. The molecule has 1 N–H and O–H groups in total. The van der Waals surface area contributed by atoms with Crippen LogP contribution in [0.3, 0.4) is 0 Å². The molecule has 1 aromatic carbocycles. The minimum atomic E-state index is 0.591. The summed E-state index contributed by atoms with van der Waals surface area (Å²) >= 11 is 12.1. The summed E-state index contributed by atoms with van der Waals surface area (Å²) in [5.41, 5.74) is 2.51. The fraction of sp³-hybridized carbons (Fsp3) is 0.389. The Bertz CT molecular complexity index is 625. The highest BCUT2D eigenvalue weighted by Crippen LogP contribution is 2.24. The van der Waals surface area contributed by atoms with E-state index in [4.69, 9.17) is 23.2 Å². The van der Waals surface area contributed by atoms with Crippen LogP contribution in [0.25, 0.3) is 0 Å². The lowest BCUT2D eigenvalue weighted by atomic mass is 10.0. The first-order chi connectivity index (χ1) is 11.2. The number of nitrogens with one attached hydrogen (secondary N) is 1. The van der Waals surface area contributed by atoms with Gasteiger partial charge in [-0.05, 0) is 61.3 Å². The first-order valence-electron chi connectivity index (χ1n) is 7.99. The smallest absolute Gasteiger partial charge is 0.0595 e. The van der Waals surface area contributed by atoms with Crippen LogP contribution in [-0.2, 0) is 13.1 Å². The predicted octanol–water partition coefficient (Wildman–Crippen LogP) is 4.14. The van der Waals surface area contributed by atoms with Crippen molar-refractivity contribution in [1.82, 2.24) is 15.2 Å². The van der Waals surface area contributed by atoms with Crippen LogP contribution in [0.4, 0.5) is 0 Å². The first-order valence-corrected chi connectivity index (χ1v) is 8.75. The van der Waals surface area contributed by atoms with E-state index in [-0.39, 0.29) is 0 Å². The number of hydrogen-bond donors (Lipinski definition) is 1. The van der Waals surface area contributed by atoms with Crippen LogP contribution in [0.2, 0.25) is 10.0 Å². The van der Waals surface area contributed by atoms with Gasteiger partial charge in [0.2, 0.25) is 0 Å². The van der Waals surface area contributed by atoms with Gasteiger partial charge >= 0.3 is 0 Å². The van der Waals surface area contributed by atoms with Gasteiger partial charge in [-0.2, -0.15) is 0 Å². The number of rotatable bonds is 5. The molecule has 0 atom stereocenters. The maximum absolute atomic E-state index is 6.09. The Balaban J connectivity index is 1.44. The third-order valence-electron chi connectivity index (χ3n) is 4.32. The minimum Gasteiger partial charge on any atom is -0.310 e. The zero-order valence-corrected chi connectivity index (χ0v) is 14.5. The van der Waals surface area contributed by atoms with Crippen molar-refractivity contribution in [2.75, 3.05) is 13.1 Å². The number of benzene rings is 1. The molecule has 23 heavy (non-hydrogen) atoms. The van der Waals surface area contributed by atoms with Crippen molar-refractivity contribution < 1.29 is 0 Å². The van der Waals surface area contributed by atoms with Crippen molar-refractivity contribution in [3.8, 4) is 0 Å². The van der Waals surface area contributed by atoms with E-state index in [1.165, 1.54) is 24.0 Å². The monoisotopic (exact) mass is 349 g/mol. The molecule has 1 aromatic heterocycles. The van der Waals surface area contributed by atoms with Crippen LogP contribution >= 0.6 is 23.2 Å². The van der Waals surface area contributed by atoms with Gasteiger partial charge in [0, 0.05) is 31.5 Å². The highest BCUT2D eigenvalue weighted by Gasteiger charge is 2.18. The standard InChI is InChI=1S/C18H21Cl2N3/c19-17-2-1-15(11-18(17)20)13-23-9-5-16(6-10-23)22-12-14-3-7-21-8-4-14/h1-4,7-8,11,16,22H,5-6,9-10,12-13H2. The van der Waals surface area contributed by atoms with Crippen LogP contribution < -0.4 is 5.32 Å².